The molecule has 2 rings (SSSR count). The van der Waals surface area contributed by atoms with Crippen LogP contribution in [0, 0.1) is 0 Å². The summed E-state index contributed by atoms with van der Waals surface area (Å²) in [6, 6.07) is 10.6. The van der Waals surface area contributed by atoms with Crippen molar-refractivity contribution in [1.82, 2.24) is 0 Å². The van der Waals surface area contributed by atoms with Crippen molar-refractivity contribution in [3.05, 3.63) is 46.4 Å². The molecule has 0 aliphatic carbocycles. The number of ether oxygens (including phenoxy) is 2. The summed E-state index contributed by atoms with van der Waals surface area (Å²) in [5, 5.41) is 7.63. The first-order chi connectivity index (χ1) is 10.5. The minimum Gasteiger partial charge on any atom is -0.495 e. The van der Waals surface area contributed by atoms with Crippen LogP contribution in [-0.4, -0.2) is 19.3 Å². The number of anilines is 2. The fraction of sp³-hybridized carbons (Fsp3) is 0.133. The number of rotatable bonds is 4. The second kappa shape index (κ2) is 7.54. The van der Waals surface area contributed by atoms with Crippen molar-refractivity contribution < 1.29 is 9.47 Å². The second-order valence-corrected chi connectivity index (χ2v) is 5.52. The summed E-state index contributed by atoms with van der Waals surface area (Å²) in [7, 11) is 3.10. The first-order valence-electron chi connectivity index (χ1n) is 6.28. The van der Waals surface area contributed by atoms with Crippen molar-refractivity contribution in [3.63, 3.8) is 0 Å². The van der Waals surface area contributed by atoms with Crippen LogP contribution in [0.4, 0.5) is 11.4 Å². The van der Waals surface area contributed by atoms with Crippen molar-refractivity contribution in [2.24, 2.45) is 0 Å². The highest BCUT2D eigenvalue weighted by atomic mass is 35.5. The van der Waals surface area contributed by atoms with E-state index in [0.717, 1.165) is 5.69 Å². The molecule has 2 N–H and O–H groups in total. The van der Waals surface area contributed by atoms with Crippen LogP contribution in [0.2, 0.25) is 10.0 Å². The number of hydrogen-bond donors (Lipinski definition) is 2. The Hall–Kier alpha value is -1.69. The fourth-order valence-electron chi connectivity index (χ4n) is 1.78. The Bertz CT molecular complexity index is 678. The zero-order valence-electron chi connectivity index (χ0n) is 11.9. The monoisotopic (exact) mass is 356 g/mol. The molecule has 2 aromatic carbocycles. The van der Waals surface area contributed by atoms with E-state index in [9.17, 15) is 0 Å². The molecule has 0 saturated heterocycles. The number of halogens is 2. The maximum absolute atomic E-state index is 6.07. The van der Waals surface area contributed by atoms with Crippen molar-refractivity contribution in [2.75, 3.05) is 24.9 Å². The standard InChI is InChI=1S/C15H14Cl2N2O2S/c1-20-13-8-12(14(21-2)7-11(13)17)19-15(22)18-10-5-3-9(16)4-6-10/h3-8H,1-2H3,(H2,18,19,22). The second-order valence-electron chi connectivity index (χ2n) is 4.27. The molecule has 0 radical (unpaired) electrons. The molecule has 0 saturated carbocycles. The zero-order chi connectivity index (χ0) is 16.1. The molecule has 0 atom stereocenters. The summed E-state index contributed by atoms with van der Waals surface area (Å²) in [6.45, 7) is 0. The van der Waals surface area contributed by atoms with Gasteiger partial charge in [0.1, 0.15) is 11.5 Å². The van der Waals surface area contributed by atoms with E-state index in [1.54, 1.807) is 38.5 Å². The lowest BCUT2D eigenvalue weighted by molar-refractivity contribution is 0.405. The number of methoxy groups -OCH3 is 2. The minimum absolute atomic E-state index is 0.407. The number of nitrogens with one attached hydrogen (secondary N) is 2. The van der Waals surface area contributed by atoms with Gasteiger partial charge in [0.15, 0.2) is 5.11 Å². The van der Waals surface area contributed by atoms with Crippen LogP contribution in [0.3, 0.4) is 0 Å². The summed E-state index contributed by atoms with van der Waals surface area (Å²) >= 11 is 17.2. The lowest BCUT2D eigenvalue weighted by atomic mass is 10.2. The van der Waals surface area contributed by atoms with E-state index in [1.165, 1.54) is 0 Å². The molecule has 0 unspecified atom stereocenters. The van der Waals surface area contributed by atoms with Crippen molar-refractivity contribution in [1.29, 1.82) is 0 Å². The molecule has 0 spiro atoms. The molecule has 2 aromatic rings. The highest BCUT2D eigenvalue weighted by molar-refractivity contribution is 7.80. The number of benzene rings is 2. The maximum atomic E-state index is 6.07. The van der Waals surface area contributed by atoms with Crippen LogP contribution in [0.5, 0.6) is 11.5 Å². The quantitative estimate of drug-likeness (QED) is 0.768. The molecule has 22 heavy (non-hydrogen) atoms. The van der Waals surface area contributed by atoms with E-state index in [1.807, 2.05) is 12.1 Å². The third-order valence-corrected chi connectivity index (χ3v) is 3.58. The van der Waals surface area contributed by atoms with Gasteiger partial charge in [-0.3, -0.25) is 0 Å². The van der Waals surface area contributed by atoms with Crippen molar-refractivity contribution in [2.45, 2.75) is 0 Å². The van der Waals surface area contributed by atoms with Gasteiger partial charge in [0.2, 0.25) is 0 Å². The van der Waals surface area contributed by atoms with Crippen LogP contribution in [-0.2, 0) is 0 Å². The van der Waals surface area contributed by atoms with E-state index in [-0.39, 0.29) is 0 Å². The van der Waals surface area contributed by atoms with E-state index < -0.39 is 0 Å². The van der Waals surface area contributed by atoms with E-state index in [4.69, 9.17) is 44.9 Å². The van der Waals surface area contributed by atoms with Gasteiger partial charge in [0.05, 0.1) is 24.9 Å². The highest BCUT2D eigenvalue weighted by Crippen LogP contribution is 2.35. The molecule has 116 valence electrons. The van der Waals surface area contributed by atoms with Crippen LogP contribution in [0.25, 0.3) is 0 Å². The topological polar surface area (TPSA) is 42.5 Å². The summed E-state index contributed by atoms with van der Waals surface area (Å²) in [6.07, 6.45) is 0. The van der Waals surface area contributed by atoms with Crippen LogP contribution in [0.15, 0.2) is 36.4 Å². The Labute approximate surface area is 144 Å². The average Bonchev–Trinajstić information content (AvgIpc) is 2.50. The van der Waals surface area contributed by atoms with Crippen LogP contribution < -0.4 is 20.1 Å². The van der Waals surface area contributed by atoms with Gasteiger partial charge >= 0.3 is 0 Å². The van der Waals surface area contributed by atoms with Crippen LogP contribution in [0.1, 0.15) is 0 Å². The van der Waals surface area contributed by atoms with E-state index in [0.29, 0.717) is 32.3 Å². The van der Waals surface area contributed by atoms with Crippen LogP contribution >= 0.6 is 35.4 Å². The Kier molecular flexibility index (Phi) is 5.71. The Balaban J connectivity index is 2.15. The third kappa shape index (κ3) is 4.16. The smallest absolute Gasteiger partial charge is 0.175 e. The fourth-order valence-corrected chi connectivity index (χ4v) is 2.36. The van der Waals surface area contributed by atoms with E-state index in [2.05, 4.69) is 10.6 Å². The highest BCUT2D eigenvalue weighted by Gasteiger charge is 2.11. The first-order valence-corrected chi connectivity index (χ1v) is 7.45. The van der Waals surface area contributed by atoms with Gasteiger partial charge in [-0.25, -0.2) is 0 Å². The lowest BCUT2D eigenvalue weighted by Crippen LogP contribution is -2.19. The Morgan fingerprint density at radius 3 is 2.18 bits per heavy atom. The lowest BCUT2D eigenvalue weighted by Gasteiger charge is -2.15. The minimum atomic E-state index is 0.407. The van der Waals surface area contributed by atoms with Gasteiger partial charge in [-0.05, 0) is 36.5 Å². The molecule has 0 amide bonds. The molecule has 0 aliphatic heterocycles. The van der Waals surface area contributed by atoms with E-state index >= 15 is 0 Å². The van der Waals surface area contributed by atoms with Gasteiger partial charge in [-0.1, -0.05) is 23.2 Å². The van der Waals surface area contributed by atoms with Crippen molar-refractivity contribution >= 4 is 51.9 Å². The summed E-state index contributed by atoms with van der Waals surface area (Å²) in [4.78, 5) is 0. The normalized spacial score (nSPS) is 10.0. The van der Waals surface area contributed by atoms with Crippen molar-refractivity contribution in [3.8, 4) is 11.5 Å². The predicted octanol–water partition coefficient (Wildman–Crippen LogP) is 4.82. The van der Waals surface area contributed by atoms with Gasteiger partial charge in [0.25, 0.3) is 0 Å². The summed E-state index contributed by atoms with van der Waals surface area (Å²) in [5.74, 6) is 1.09. The largest absolute Gasteiger partial charge is 0.495 e. The average molecular weight is 357 g/mol. The van der Waals surface area contributed by atoms with Gasteiger partial charge in [-0.15, -0.1) is 0 Å². The molecular weight excluding hydrogens is 343 g/mol. The SMILES string of the molecule is COc1cc(NC(=S)Nc2ccc(Cl)cc2)c(OC)cc1Cl. The summed E-state index contributed by atoms with van der Waals surface area (Å²) < 4.78 is 10.5. The Morgan fingerprint density at radius 1 is 0.955 bits per heavy atom. The third-order valence-electron chi connectivity index (χ3n) is 2.82. The molecular formula is C15H14Cl2N2O2S. The number of thiocarbonyl (C=S) groups is 1. The first kappa shape index (κ1) is 16.7. The van der Waals surface area contributed by atoms with Gasteiger partial charge < -0.3 is 20.1 Å². The molecule has 0 fully saturated rings. The molecule has 7 heteroatoms. The predicted molar refractivity (Wildman–Crippen MR) is 95.9 cm³/mol. The molecule has 0 aromatic heterocycles. The Morgan fingerprint density at radius 2 is 1.59 bits per heavy atom. The molecule has 0 bridgehead atoms. The molecule has 0 heterocycles. The molecule has 0 aliphatic rings. The summed E-state index contributed by atoms with van der Waals surface area (Å²) in [5.41, 5.74) is 1.47. The maximum Gasteiger partial charge on any atom is 0.175 e. The zero-order valence-corrected chi connectivity index (χ0v) is 14.3. The molecule has 4 nitrogen and oxygen atoms in total. The van der Waals surface area contributed by atoms with Gasteiger partial charge in [0, 0.05) is 22.8 Å². The number of hydrogen-bond acceptors (Lipinski definition) is 3. The van der Waals surface area contributed by atoms with Gasteiger partial charge in [-0.2, -0.15) is 0 Å².